The molecule has 18 heavy (non-hydrogen) atoms. The highest BCUT2D eigenvalue weighted by Crippen LogP contribution is 2.15. The average Bonchev–Trinajstić information content (AvgIpc) is 2.42. The van der Waals surface area contributed by atoms with E-state index in [9.17, 15) is 9.59 Å². The van der Waals surface area contributed by atoms with Gasteiger partial charge in [0.2, 0.25) is 11.8 Å². The van der Waals surface area contributed by atoms with Crippen molar-refractivity contribution in [2.24, 2.45) is 5.92 Å². The summed E-state index contributed by atoms with van der Waals surface area (Å²) in [7, 11) is 1.74. The summed E-state index contributed by atoms with van der Waals surface area (Å²) in [6.45, 7) is 4.82. The van der Waals surface area contributed by atoms with E-state index in [0.717, 1.165) is 19.5 Å². The molecule has 0 saturated carbocycles. The van der Waals surface area contributed by atoms with Crippen LogP contribution in [0.15, 0.2) is 0 Å². The van der Waals surface area contributed by atoms with Crippen LogP contribution < -0.4 is 10.6 Å². The van der Waals surface area contributed by atoms with Crippen molar-refractivity contribution >= 4 is 11.8 Å². The molecule has 1 unspecified atom stereocenters. The van der Waals surface area contributed by atoms with Gasteiger partial charge in [0.05, 0.1) is 6.54 Å². The fourth-order valence-electron chi connectivity index (χ4n) is 2.08. The van der Waals surface area contributed by atoms with E-state index in [1.807, 2.05) is 6.92 Å². The standard InChI is InChI=1S/C13H25N3O2/c1-3-16(2)13(18)10-15-12(17)7-6-11-5-4-8-14-9-11/h11,14H,3-10H2,1-2H3,(H,15,17). The summed E-state index contributed by atoms with van der Waals surface area (Å²) >= 11 is 0. The first-order valence-corrected chi connectivity index (χ1v) is 6.84. The maximum absolute atomic E-state index is 11.6. The van der Waals surface area contributed by atoms with Gasteiger partial charge in [0, 0.05) is 20.0 Å². The molecule has 2 amide bonds. The molecule has 5 heteroatoms. The third kappa shape index (κ3) is 5.49. The Labute approximate surface area is 109 Å². The zero-order valence-corrected chi connectivity index (χ0v) is 11.5. The first kappa shape index (κ1) is 15.0. The third-order valence-corrected chi connectivity index (χ3v) is 3.52. The molecule has 0 aromatic rings. The van der Waals surface area contributed by atoms with Crippen LogP contribution in [0, 0.1) is 5.92 Å². The molecule has 1 fully saturated rings. The number of nitrogens with one attached hydrogen (secondary N) is 2. The minimum absolute atomic E-state index is 0.0153. The quantitative estimate of drug-likeness (QED) is 0.720. The number of hydrogen-bond acceptors (Lipinski definition) is 3. The first-order chi connectivity index (χ1) is 8.63. The van der Waals surface area contributed by atoms with Crippen LogP contribution in [0.25, 0.3) is 0 Å². The zero-order valence-electron chi connectivity index (χ0n) is 11.5. The molecule has 0 aromatic heterocycles. The van der Waals surface area contributed by atoms with Gasteiger partial charge < -0.3 is 15.5 Å². The van der Waals surface area contributed by atoms with Crippen LogP contribution in [0.2, 0.25) is 0 Å². The van der Waals surface area contributed by atoms with Gasteiger partial charge >= 0.3 is 0 Å². The van der Waals surface area contributed by atoms with Gasteiger partial charge in [-0.2, -0.15) is 0 Å². The van der Waals surface area contributed by atoms with Crippen molar-refractivity contribution in [3.8, 4) is 0 Å². The molecule has 0 aliphatic carbocycles. The maximum atomic E-state index is 11.6. The second kappa shape index (κ2) is 8.08. The van der Waals surface area contributed by atoms with Gasteiger partial charge in [0.1, 0.15) is 0 Å². The average molecular weight is 255 g/mol. The monoisotopic (exact) mass is 255 g/mol. The van der Waals surface area contributed by atoms with E-state index < -0.39 is 0 Å². The van der Waals surface area contributed by atoms with Gasteiger partial charge in [-0.05, 0) is 45.2 Å². The minimum Gasteiger partial charge on any atom is -0.347 e. The van der Waals surface area contributed by atoms with E-state index in [2.05, 4.69) is 10.6 Å². The summed E-state index contributed by atoms with van der Waals surface area (Å²) in [5.41, 5.74) is 0. The lowest BCUT2D eigenvalue weighted by atomic mass is 9.94. The number of amides is 2. The second-order valence-corrected chi connectivity index (χ2v) is 4.94. The van der Waals surface area contributed by atoms with Gasteiger partial charge in [-0.25, -0.2) is 0 Å². The summed E-state index contributed by atoms with van der Waals surface area (Å²) in [5, 5.41) is 6.03. The Kier molecular flexibility index (Phi) is 6.72. The predicted octanol–water partition coefficient (Wildman–Crippen LogP) is 0.361. The predicted molar refractivity (Wildman–Crippen MR) is 71.1 cm³/mol. The van der Waals surface area contributed by atoms with Crippen molar-refractivity contribution in [2.45, 2.75) is 32.6 Å². The normalized spacial score (nSPS) is 19.3. The third-order valence-electron chi connectivity index (χ3n) is 3.52. The number of carbonyl (C=O) groups is 2. The van der Waals surface area contributed by atoms with Crippen LogP contribution in [0.4, 0.5) is 0 Å². The summed E-state index contributed by atoms with van der Waals surface area (Å²) < 4.78 is 0. The summed E-state index contributed by atoms with van der Waals surface area (Å²) in [6, 6.07) is 0. The number of rotatable bonds is 6. The lowest BCUT2D eigenvalue weighted by Gasteiger charge is -2.22. The number of hydrogen-bond donors (Lipinski definition) is 2. The molecule has 1 atom stereocenters. The van der Waals surface area contributed by atoms with Crippen LogP contribution in [0.5, 0.6) is 0 Å². The smallest absolute Gasteiger partial charge is 0.241 e. The van der Waals surface area contributed by atoms with Crippen LogP contribution in [0.1, 0.15) is 32.6 Å². The Morgan fingerprint density at radius 2 is 2.22 bits per heavy atom. The van der Waals surface area contributed by atoms with Crippen molar-refractivity contribution in [3.63, 3.8) is 0 Å². The Hall–Kier alpha value is -1.10. The molecule has 104 valence electrons. The molecular weight excluding hydrogens is 230 g/mol. The Morgan fingerprint density at radius 1 is 1.44 bits per heavy atom. The van der Waals surface area contributed by atoms with Gasteiger partial charge in [-0.3, -0.25) is 9.59 Å². The van der Waals surface area contributed by atoms with E-state index in [4.69, 9.17) is 0 Å². The van der Waals surface area contributed by atoms with E-state index >= 15 is 0 Å². The maximum Gasteiger partial charge on any atom is 0.241 e. The van der Waals surface area contributed by atoms with Crippen LogP contribution in [0.3, 0.4) is 0 Å². The number of nitrogens with zero attached hydrogens (tertiary/aromatic N) is 1. The molecule has 1 aliphatic heterocycles. The molecule has 0 aromatic carbocycles. The van der Waals surface area contributed by atoms with Crippen molar-refractivity contribution in [3.05, 3.63) is 0 Å². The van der Waals surface area contributed by atoms with E-state index in [1.165, 1.54) is 12.8 Å². The highest BCUT2D eigenvalue weighted by atomic mass is 16.2. The highest BCUT2D eigenvalue weighted by Gasteiger charge is 2.15. The Balaban J connectivity index is 2.11. The Morgan fingerprint density at radius 3 is 2.83 bits per heavy atom. The largest absolute Gasteiger partial charge is 0.347 e. The molecule has 1 saturated heterocycles. The van der Waals surface area contributed by atoms with Gasteiger partial charge in [-0.1, -0.05) is 0 Å². The lowest BCUT2D eigenvalue weighted by Crippen LogP contribution is -2.38. The highest BCUT2D eigenvalue weighted by molar-refractivity contribution is 5.84. The topological polar surface area (TPSA) is 61.4 Å². The molecule has 0 radical (unpaired) electrons. The zero-order chi connectivity index (χ0) is 13.4. The fourth-order valence-corrected chi connectivity index (χ4v) is 2.08. The molecule has 1 rings (SSSR count). The molecule has 5 nitrogen and oxygen atoms in total. The van der Waals surface area contributed by atoms with Crippen molar-refractivity contribution in [1.29, 1.82) is 0 Å². The van der Waals surface area contributed by atoms with E-state index in [1.54, 1.807) is 11.9 Å². The van der Waals surface area contributed by atoms with E-state index in [0.29, 0.717) is 18.9 Å². The number of likely N-dealkylation sites (N-methyl/N-ethyl adjacent to an activating group) is 1. The van der Waals surface area contributed by atoms with Gasteiger partial charge in [0.25, 0.3) is 0 Å². The van der Waals surface area contributed by atoms with Crippen LogP contribution >= 0.6 is 0 Å². The van der Waals surface area contributed by atoms with Crippen LogP contribution in [-0.2, 0) is 9.59 Å². The lowest BCUT2D eigenvalue weighted by molar-refractivity contribution is -0.131. The molecular formula is C13H25N3O2. The van der Waals surface area contributed by atoms with Crippen molar-refractivity contribution < 1.29 is 9.59 Å². The molecule has 1 heterocycles. The van der Waals surface area contributed by atoms with Gasteiger partial charge in [-0.15, -0.1) is 0 Å². The summed E-state index contributed by atoms with van der Waals surface area (Å²) in [6.07, 6.45) is 3.84. The van der Waals surface area contributed by atoms with Gasteiger partial charge in [0.15, 0.2) is 0 Å². The fraction of sp³-hybridized carbons (Fsp3) is 0.846. The summed E-state index contributed by atoms with van der Waals surface area (Å²) in [4.78, 5) is 24.7. The Bertz CT molecular complexity index is 275. The number of carbonyl (C=O) groups excluding carboxylic acids is 2. The number of piperidine rings is 1. The van der Waals surface area contributed by atoms with E-state index in [-0.39, 0.29) is 18.4 Å². The second-order valence-electron chi connectivity index (χ2n) is 4.94. The van der Waals surface area contributed by atoms with Crippen molar-refractivity contribution in [2.75, 3.05) is 33.2 Å². The molecule has 0 spiro atoms. The molecule has 0 bridgehead atoms. The summed E-state index contributed by atoms with van der Waals surface area (Å²) in [5.74, 6) is 0.558. The van der Waals surface area contributed by atoms with Crippen molar-refractivity contribution in [1.82, 2.24) is 15.5 Å². The van der Waals surface area contributed by atoms with Crippen LogP contribution in [-0.4, -0.2) is 49.9 Å². The SMILES string of the molecule is CCN(C)C(=O)CNC(=O)CCC1CCCNC1. The molecule has 2 N–H and O–H groups in total. The first-order valence-electron chi connectivity index (χ1n) is 6.84. The minimum atomic E-state index is -0.0369. The molecule has 1 aliphatic rings.